The van der Waals surface area contributed by atoms with Crippen LogP contribution in [0.2, 0.25) is 0 Å². The van der Waals surface area contributed by atoms with Gasteiger partial charge >= 0.3 is 0 Å². The highest BCUT2D eigenvalue weighted by Crippen LogP contribution is 2.18. The molecule has 3 N–H and O–H groups in total. The molecule has 3 heteroatoms. The van der Waals surface area contributed by atoms with Crippen molar-refractivity contribution in [1.82, 2.24) is 0 Å². The van der Waals surface area contributed by atoms with Gasteiger partial charge in [-0.15, -0.1) is 0 Å². The third-order valence-corrected chi connectivity index (χ3v) is 2.47. The number of hydrogen-bond donors (Lipinski definition) is 2. The zero-order valence-electron chi connectivity index (χ0n) is 9.50. The Morgan fingerprint density at radius 2 is 2.07 bits per heavy atom. The summed E-state index contributed by atoms with van der Waals surface area (Å²) in [6, 6.07) is 5.90. The Hall–Kier alpha value is -1.51. The maximum Gasteiger partial charge on any atom is 0.155 e. The molecule has 1 aromatic rings. The first-order valence-corrected chi connectivity index (χ1v) is 5.12. The van der Waals surface area contributed by atoms with Crippen molar-refractivity contribution in [2.24, 2.45) is 5.73 Å². The summed E-state index contributed by atoms with van der Waals surface area (Å²) >= 11 is 0. The van der Waals surface area contributed by atoms with Gasteiger partial charge in [-0.05, 0) is 43.5 Å². The van der Waals surface area contributed by atoms with E-state index in [9.17, 15) is 0 Å². The lowest BCUT2D eigenvalue weighted by Gasteiger charge is -2.16. The average Bonchev–Trinajstić information content (AvgIpc) is 2.19. The van der Waals surface area contributed by atoms with Gasteiger partial charge in [0.05, 0.1) is 0 Å². The molecule has 0 saturated heterocycles. The van der Waals surface area contributed by atoms with Crippen LogP contribution in [0.25, 0.3) is 0 Å². The maximum atomic E-state index is 7.35. The molecular weight excluding hydrogens is 188 g/mol. The number of aryl methyl sites for hydroxylation is 2. The standard InChI is InChI=1S/C12H18N2O/c1-4-11(12(13)14)15-10-6-5-8(2)9(3)7-10/h5-7,11H,4H2,1-3H3,(H3,13,14). The van der Waals surface area contributed by atoms with Crippen molar-refractivity contribution in [1.29, 1.82) is 5.41 Å². The fourth-order valence-electron chi connectivity index (χ4n) is 1.32. The van der Waals surface area contributed by atoms with Crippen molar-refractivity contribution in [2.75, 3.05) is 0 Å². The van der Waals surface area contributed by atoms with Gasteiger partial charge in [0.2, 0.25) is 0 Å². The summed E-state index contributed by atoms with van der Waals surface area (Å²) in [5, 5.41) is 7.35. The van der Waals surface area contributed by atoms with Crippen molar-refractivity contribution in [3.8, 4) is 5.75 Å². The van der Waals surface area contributed by atoms with Crippen molar-refractivity contribution < 1.29 is 4.74 Å². The Labute approximate surface area is 90.8 Å². The predicted octanol–water partition coefficient (Wildman–Crippen LogP) is 2.40. The Morgan fingerprint density at radius 1 is 1.40 bits per heavy atom. The van der Waals surface area contributed by atoms with Gasteiger partial charge in [-0.25, -0.2) is 0 Å². The number of nitrogens with one attached hydrogen (secondary N) is 1. The fraction of sp³-hybridized carbons (Fsp3) is 0.417. The molecule has 1 rings (SSSR count). The van der Waals surface area contributed by atoms with E-state index in [-0.39, 0.29) is 11.9 Å². The number of hydrogen-bond acceptors (Lipinski definition) is 2. The molecule has 15 heavy (non-hydrogen) atoms. The first-order valence-electron chi connectivity index (χ1n) is 5.12. The largest absolute Gasteiger partial charge is 0.483 e. The minimum absolute atomic E-state index is 0.0794. The summed E-state index contributed by atoms with van der Waals surface area (Å²) in [7, 11) is 0. The van der Waals surface area contributed by atoms with Gasteiger partial charge in [0.25, 0.3) is 0 Å². The highest BCUT2D eigenvalue weighted by atomic mass is 16.5. The molecule has 1 atom stereocenters. The van der Waals surface area contributed by atoms with Crippen molar-refractivity contribution in [2.45, 2.75) is 33.3 Å². The van der Waals surface area contributed by atoms with E-state index in [4.69, 9.17) is 15.9 Å². The van der Waals surface area contributed by atoms with E-state index in [1.54, 1.807) is 0 Å². The first kappa shape index (κ1) is 11.6. The van der Waals surface area contributed by atoms with Gasteiger partial charge in [-0.1, -0.05) is 13.0 Å². The summed E-state index contributed by atoms with van der Waals surface area (Å²) in [6.45, 7) is 6.05. The van der Waals surface area contributed by atoms with Crippen LogP contribution in [-0.4, -0.2) is 11.9 Å². The first-order chi connectivity index (χ1) is 7.04. The van der Waals surface area contributed by atoms with E-state index in [2.05, 4.69) is 6.92 Å². The highest BCUT2D eigenvalue weighted by Gasteiger charge is 2.11. The molecule has 82 valence electrons. The smallest absolute Gasteiger partial charge is 0.155 e. The third kappa shape index (κ3) is 2.98. The number of nitrogens with two attached hydrogens (primary N) is 1. The Bertz CT molecular complexity index is 361. The molecule has 1 unspecified atom stereocenters. The second-order valence-electron chi connectivity index (χ2n) is 3.72. The van der Waals surface area contributed by atoms with Crippen LogP contribution in [0.3, 0.4) is 0 Å². The molecule has 0 heterocycles. The van der Waals surface area contributed by atoms with Crippen LogP contribution in [0.4, 0.5) is 0 Å². The molecule has 1 aromatic carbocycles. The predicted molar refractivity (Wildman–Crippen MR) is 62.5 cm³/mol. The minimum atomic E-state index is -0.313. The fourth-order valence-corrected chi connectivity index (χ4v) is 1.32. The van der Waals surface area contributed by atoms with E-state index >= 15 is 0 Å². The molecule has 0 fully saturated rings. The van der Waals surface area contributed by atoms with E-state index in [0.717, 1.165) is 5.75 Å². The number of amidine groups is 1. The Morgan fingerprint density at radius 3 is 2.53 bits per heavy atom. The van der Waals surface area contributed by atoms with Crippen molar-refractivity contribution in [3.63, 3.8) is 0 Å². The van der Waals surface area contributed by atoms with Gasteiger partial charge in [0, 0.05) is 0 Å². The van der Waals surface area contributed by atoms with Crippen molar-refractivity contribution >= 4 is 5.84 Å². The van der Waals surface area contributed by atoms with Crippen molar-refractivity contribution in [3.05, 3.63) is 29.3 Å². The monoisotopic (exact) mass is 206 g/mol. The van der Waals surface area contributed by atoms with Crippen LogP contribution in [-0.2, 0) is 0 Å². The molecule has 0 aliphatic carbocycles. The lowest BCUT2D eigenvalue weighted by atomic mass is 10.1. The molecule has 0 aliphatic rings. The molecule has 0 radical (unpaired) electrons. The third-order valence-electron chi connectivity index (χ3n) is 2.47. The SMILES string of the molecule is CCC(Oc1ccc(C)c(C)c1)C(=N)N. The maximum absolute atomic E-state index is 7.35. The number of benzene rings is 1. The van der Waals surface area contributed by atoms with Crippen LogP contribution in [0.1, 0.15) is 24.5 Å². The lowest BCUT2D eigenvalue weighted by molar-refractivity contribution is 0.260. The van der Waals surface area contributed by atoms with Crippen LogP contribution in [0.15, 0.2) is 18.2 Å². The zero-order valence-corrected chi connectivity index (χ0v) is 9.50. The van der Waals surface area contributed by atoms with Crippen LogP contribution >= 0.6 is 0 Å². The van der Waals surface area contributed by atoms with E-state index < -0.39 is 0 Å². The molecule has 0 saturated carbocycles. The summed E-state index contributed by atoms with van der Waals surface area (Å²) in [4.78, 5) is 0. The zero-order chi connectivity index (χ0) is 11.4. The Balaban J connectivity index is 2.80. The Kier molecular flexibility index (Phi) is 3.72. The van der Waals surface area contributed by atoms with E-state index in [0.29, 0.717) is 6.42 Å². The second kappa shape index (κ2) is 4.82. The van der Waals surface area contributed by atoms with Gasteiger partial charge in [0.15, 0.2) is 6.10 Å². The number of ether oxygens (including phenoxy) is 1. The van der Waals surface area contributed by atoms with E-state index in [1.165, 1.54) is 11.1 Å². The summed E-state index contributed by atoms with van der Waals surface area (Å²) in [6.07, 6.45) is 0.398. The van der Waals surface area contributed by atoms with Crippen LogP contribution in [0.5, 0.6) is 5.75 Å². The summed E-state index contributed by atoms with van der Waals surface area (Å²) in [5.41, 5.74) is 7.84. The van der Waals surface area contributed by atoms with Gasteiger partial charge in [-0.3, -0.25) is 5.41 Å². The molecule has 0 bridgehead atoms. The van der Waals surface area contributed by atoms with Crippen LogP contribution < -0.4 is 10.5 Å². The van der Waals surface area contributed by atoms with Gasteiger partial charge < -0.3 is 10.5 Å². The van der Waals surface area contributed by atoms with Gasteiger partial charge in [0.1, 0.15) is 11.6 Å². The minimum Gasteiger partial charge on any atom is -0.483 e. The molecular formula is C12H18N2O. The van der Waals surface area contributed by atoms with E-state index in [1.807, 2.05) is 32.0 Å². The molecule has 0 amide bonds. The second-order valence-corrected chi connectivity index (χ2v) is 3.72. The molecule has 0 spiro atoms. The molecule has 3 nitrogen and oxygen atoms in total. The number of rotatable bonds is 4. The topological polar surface area (TPSA) is 59.1 Å². The molecule has 0 aliphatic heterocycles. The van der Waals surface area contributed by atoms with Gasteiger partial charge in [-0.2, -0.15) is 0 Å². The quantitative estimate of drug-likeness (QED) is 0.587. The van der Waals surface area contributed by atoms with Crippen LogP contribution in [0, 0.1) is 19.3 Å². The highest BCUT2D eigenvalue weighted by molar-refractivity contribution is 5.82. The summed E-state index contributed by atoms with van der Waals surface area (Å²) in [5.74, 6) is 0.857. The summed E-state index contributed by atoms with van der Waals surface area (Å²) < 4.78 is 5.61. The average molecular weight is 206 g/mol. The normalized spacial score (nSPS) is 12.2. The lowest BCUT2D eigenvalue weighted by Crippen LogP contribution is -2.32. The molecule has 0 aromatic heterocycles.